The number of urea groups is 2. The normalized spacial score (nSPS) is 8.00. The molecule has 5 N–H and O–H groups in total. The summed E-state index contributed by atoms with van der Waals surface area (Å²) in [5, 5.41) is 8.39. The molecule has 0 aromatic carbocycles. The molecule has 0 radical (unpaired) electrons. The van der Waals surface area contributed by atoms with Crippen molar-refractivity contribution in [2.45, 2.75) is 0 Å². The fourth-order valence-corrected chi connectivity index (χ4v) is 0.227. The van der Waals surface area contributed by atoms with Crippen LogP contribution in [0.5, 0.6) is 0 Å². The Bertz CT molecular complexity index is 158. The van der Waals surface area contributed by atoms with Crippen LogP contribution in [0.4, 0.5) is 9.59 Å². The van der Waals surface area contributed by atoms with Crippen LogP contribution in [0, 0.1) is 4.91 Å². The molecule has 0 fully saturated rings. The van der Waals surface area contributed by atoms with Gasteiger partial charge in [-0.15, -0.1) is 0 Å². The highest BCUT2D eigenvalue weighted by Crippen LogP contribution is 1.61. The highest BCUT2D eigenvalue weighted by molar-refractivity contribution is 5.91. The van der Waals surface area contributed by atoms with Gasteiger partial charge < -0.3 is 5.73 Å². The summed E-state index contributed by atoms with van der Waals surface area (Å²) >= 11 is 0. The van der Waals surface area contributed by atoms with Gasteiger partial charge in [-0.3, -0.25) is 5.32 Å². The number of imide groups is 1. The van der Waals surface area contributed by atoms with E-state index in [1.165, 1.54) is 10.7 Å². The lowest BCUT2D eigenvalue weighted by molar-refractivity contribution is -0.823. The lowest BCUT2D eigenvalue weighted by atomic mass is 10.9. The standard InChI is InChI=1S/C2H4N4O4/c3-1(7)4-2(8)5-6(9)10/h(H4-,3,4,5,7,8,9,10)/p+1. The minimum atomic E-state index is -1.20. The molecule has 0 spiro atoms. The Morgan fingerprint density at radius 3 is 2.30 bits per heavy atom. The predicted molar refractivity (Wildman–Crippen MR) is 26.7 cm³/mol. The van der Waals surface area contributed by atoms with Gasteiger partial charge >= 0.3 is 17.1 Å². The minimum Gasteiger partial charge on any atom is -0.351 e. The third-order valence-electron chi connectivity index (χ3n) is 0.434. The third-order valence-corrected chi connectivity index (χ3v) is 0.434. The van der Waals surface area contributed by atoms with Crippen LogP contribution >= 0.6 is 0 Å². The van der Waals surface area contributed by atoms with Crippen molar-refractivity contribution >= 4 is 12.1 Å². The molecule has 0 aromatic rings. The molecule has 0 saturated heterocycles. The largest absolute Gasteiger partial charge is 0.384 e. The molecule has 0 aliphatic rings. The van der Waals surface area contributed by atoms with Crippen molar-refractivity contribution < 1.29 is 19.8 Å². The molecule has 0 saturated carbocycles. The van der Waals surface area contributed by atoms with E-state index in [1.807, 2.05) is 0 Å². The molecule has 0 bridgehead atoms. The van der Waals surface area contributed by atoms with Gasteiger partial charge in [-0.1, -0.05) is 0 Å². The van der Waals surface area contributed by atoms with E-state index in [4.69, 9.17) is 5.21 Å². The lowest BCUT2D eigenvalue weighted by Gasteiger charge is -1.90. The Morgan fingerprint density at radius 2 is 2.00 bits per heavy atom. The van der Waals surface area contributed by atoms with Gasteiger partial charge in [0.2, 0.25) is 0 Å². The van der Waals surface area contributed by atoms with E-state index >= 15 is 0 Å². The summed E-state index contributed by atoms with van der Waals surface area (Å²) in [6.45, 7) is 0. The molecule has 0 aliphatic heterocycles. The van der Waals surface area contributed by atoms with Gasteiger partial charge in [0, 0.05) is 0 Å². The van der Waals surface area contributed by atoms with Gasteiger partial charge in [-0.2, -0.15) is 0 Å². The van der Waals surface area contributed by atoms with Gasteiger partial charge in [-0.05, 0) is 5.43 Å². The number of hydrogen-bond donors (Lipinski definition) is 4. The van der Waals surface area contributed by atoms with Crippen LogP contribution in [0.2, 0.25) is 0 Å². The highest BCUT2D eigenvalue weighted by atomic mass is 16.7. The first kappa shape index (κ1) is 8.14. The molecule has 0 rings (SSSR count). The molecule has 10 heavy (non-hydrogen) atoms. The Morgan fingerprint density at radius 1 is 1.50 bits per heavy atom. The molecule has 0 atom stereocenters. The number of nitrogens with two attached hydrogens (primary N) is 1. The Balaban J connectivity index is 3.65. The zero-order valence-corrected chi connectivity index (χ0v) is 4.70. The van der Waals surface area contributed by atoms with Crippen molar-refractivity contribution in [3.05, 3.63) is 4.91 Å². The maximum absolute atomic E-state index is 10.1. The second-order valence-corrected chi connectivity index (χ2v) is 1.20. The maximum Gasteiger partial charge on any atom is 0.384 e. The molecule has 56 valence electrons. The van der Waals surface area contributed by atoms with Gasteiger partial charge in [0.25, 0.3) is 0 Å². The number of primary amides is 1. The van der Waals surface area contributed by atoms with E-state index in [1.54, 1.807) is 0 Å². The number of amides is 4. The monoisotopic (exact) mass is 149 g/mol. The van der Waals surface area contributed by atoms with Gasteiger partial charge in [0.05, 0.1) is 0 Å². The fraction of sp³-hybridized carbons (Fsp3) is 0. The average Bonchev–Trinajstić information content (AvgIpc) is 1.58. The third kappa shape index (κ3) is 4.30. The summed E-state index contributed by atoms with van der Waals surface area (Å²) in [5.74, 6) is 0. The second kappa shape index (κ2) is 3.22. The minimum absolute atomic E-state index is 0.863. The molecule has 8 nitrogen and oxygen atoms in total. The van der Waals surface area contributed by atoms with Crippen molar-refractivity contribution in [1.82, 2.24) is 10.7 Å². The van der Waals surface area contributed by atoms with Crippen molar-refractivity contribution in [2.24, 2.45) is 5.73 Å². The average molecular weight is 149 g/mol. The number of hydrazine groups is 1. The zero-order chi connectivity index (χ0) is 8.15. The van der Waals surface area contributed by atoms with Gasteiger partial charge in [0.15, 0.2) is 0 Å². The first-order chi connectivity index (χ1) is 4.52. The van der Waals surface area contributed by atoms with Crippen LogP contribution in [0.3, 0.4) is 0 Å². The van der Waals surface area contributed by atoms with Gasteiger partial charge in [-0.25, -0.2) is 14.8 Å². The summed E-state index contributed by atoms with van der Waals surface area (Å²) in [6.07, 6.45) is 0. The molecular weight excluding hydrogens is 144 g/mol. The summed E-state index contributed by atoms with van der Waals surface area (Å²) in [7, 11) is 0. The topological polar surface area (TPSA) is 125 Å². The van der Waals surface area contributed by atoms with E-state index in [9.17, 15) is 14.5 Å². The number of carbonyl (C=O) groups excluding carboxylic acids is 2. The van der Waals surface area contributed by atoms with E-state index in [0.717, 1.165) is 0 Å². The zero-order valence-electron chi connectivity index (χ0n) is 4.70. The van der Waals surface area contributed by atoms with E-state index in [0.29, 0.717) is 0 Å². The van der Waals surface area contributed by atoms with Crippen molar-refractivity contribution in [2.75, 3.05) is 0 Å². The summed E-state index contributed by atoms with van der Waals surface area (Å²) < 4.78 is 0. The highest BCUT2D eigenvalue weighted by Gasteiger charge is 2.11. The Hall–Kier alpha value is -1.86. The van der Waals surface area contributed by atoms with Crippen LogP contribution < -0.4 is 16.5 Å². The van der Waals surface area contributed by atoms with Crippen molar-refractivity contribution in [1.29, 1.82) is 0 Å². The SMILES string of the molecule is NC(=O)NC(=O)N[N+](=O)O. The van der Waals surface area contributed by atoms with Crippen LogP contribution in [0.25, 0.3) is 0 Å². The smallest absolute Gasteiger partial charge is 0.351 e. The first-order valence-corrected chi connectivity index (χ1v) is 2.05. The Kier molecular flexibility index (Phi) is 2.62. The van der Waals surface area contributed by atoms with Crippen molar-refractivity contribution in [3.8, 4) is 0 Å². The number of carbonyl (C=O) groups is 2. The molecule has 0 unspecified atom stereocenters. The maximum atomic E-state index is 10.1. The van der Waals surface area contributed by atoms with Crippen LogP contribution in [-0.2, 0) is 0 Å². The molecule has 0 aromatic heterocycles. The van der Waals surface area contributed by atoms with E-state index < -0.39 is 17.1 Å². The number of nitrogens with zero attached hydrogens (tertiary/aromatic N) is 1. The molecule has 0 aliphatic carbocycles. The molecule has 4 amide bonds. The Labute approximate surface area is 54.5 Å². The van der Waals surface area contributed by atoms with Crippen molar-refractivity contribution in [3.63, 3.8) is 0 Å². The van der Waals surface area contributed by atoms with Crippen LogP contribution in [-0.4, -0.2) is 22.3 Å². The quantitative estimate of drug-likeness (QED) is 0.336. The fourth-order valence-electron chi connectivity index (χ4n) is 0.227. The van der Waals surface area contributed by atoms with E-state index in [-0.39, 0.29) is 0 Å². The second-order valence-electron chi connectivity index (χ2n) is 1.20. The van der Waals surface area contributed by atoms with Crippen LogP contribution in [0.15, 0.2) is 0 Å². The van der Waals surface area contributed by atoms with E-state index in [2.05, 4.69) is 5.73 Å². The lowest BCUT2D eigenvalue weighted by Crippen LogP contribution is -2.44. The number of nitrogens with one attached hydrogen (secondary N) is 2. The number of rotatable bonds is 1. The van der Waals surface area contributed by atoms with Gasteiger partial charge in [0.1, 0.15) is 4.91 Å². The summed E-state index contributed by atoms with van der Waals surface area (Å²) in [4.78, 5) is 29.6. The predicted octanol–water partition coefficient (Wildman–Crippen LogP) is -1.55. The summed E-state index contributed by atoms with van der Waals surface area (Å²) in [5.41, 5.74) is 5.71. The van der Waals surface area contributed by atoms with Crippen LogP contribution in [0.1, 0.15) is 0 Å². The summed E-state index contributed by atoms with van der Waals surface area (Å²) in [6, 6.07) is -2.33. The molecule has 8 heteroatoms. The number of hydrogen-bond acceptors (Lipinski definition) is 3. The first-order valence-electron chi connectivity index (χ1n) is 2.05. The molecular formula is C2H5N4O4+. The molecule has 0 heterocycles.